The summed E-state index contributed by atoms with van der Waals surface area (Å²) in [6.07, 6.45) is 0.912. The van der Waals surface area contributed by atoms with E-state index in [1.54, 1.807) is 10.7 Å². The fourth-order valence-electron chi connectivity index (χ4n) is 2.70. The van der Waals surface area contributed by atoms with Crippen molar-refractivity contribution >= 4 is 11.6 Å². The highest BCUT2D eigenvalue weighted by molar-refractivity contribution is 6.03. The van der Waals surface area contributed by atoms with Crippen LogP contribution in [-0.4, -0.2) is 32.1 Å². The van der Waals surface area contributed by atoms with Crippen LogP contribution in [0.1, 0.15) is 48.2 Å². The number of ether oxygens (including phenoxy) is 1. The van der Waals surface area contributed by atoms with E-state index in [4.69, 9.17) is 4.74 Å². The van der Waals surface area contributed by atoms with Gasteiger partial charge in [-0.1, -0.05) is 0 Å². The lowest BCUT2D eigenvalue weighted by Gasteiger charge is -2.13. The van der Waals surface area contributed by atoms with Crippen LogP contribution in [0.15, 0.2) is 6.07 Å². The summed E-state index contributed by atoms with van der Waals surface area (Å²) in [7, 11) is 0. The molecular weight excluding hydrogens is 282 g/mol. The second-order valence-corrected chi connectivity index (χ2v) is 5.83. The van der Waals surface area contributed by atoms with E-state index in [1.165, 1.54) is 0 Å². The fourth-order valence-corrected chi connectivity index (χ4v) is 2.70. The summed E-state index contributed by atoms with van der Waals surface area (Å²) in [5.41, 5.74) is 2.87. The van der Waals surface area contributed by atoms with Crippen LogP contribution in [0.4, 0.5) is 5.69 Å². The fraction of sp³-hybridized carbons (Fsp3) is 0.533. The first-order valence-corrected chi connectivity index (χ1v) is 7.55. The molecule has 1 aliphatic heterocycles. The molecule has 0 fully saturated rings. The third-order valence-electron chi connectivity index (χ3n) is 3.79. The van der Waals surface area contributed by atoms with Crippen molar-refractivity contribution in [2.24, 2.45) is 0 Å². The molecule has 22 heavy (non-hydrogen) atoms. The number of aromatic nitrogens is 4. The Bertz CT molecular complexity index is 690. The molecule has 1 aliphatic rings. The van der Waals surface area contributed by atoms with E-state index >= 15 is 0 Å². The third-order valence-corrected chi connectivity index (χ3v) is 3.79. The van der Waals surface area contributed by atoms with Crippen molar-refractivity contribution in [3.8, 4) is 5.88 Å². The number of anilines is 1. The van der Waals surface area contributed by atoms with Gasteiger partial charge in [0.25, 0.3) is 5.91 Å². The van der Waals surface area contributed by atoms with Crippen molar-refractivity contribution < 1.29 is 9.53 Å². The smallest absolute Gasteiger partial charge is 0.276 e. The Morgan fingerprint density at radius 3 is 2.77 bits per heavy atom. The highest BCUT2D eigenvalue weighted by Crippen LogP contribution is 2.24. The number of nitrogens with one attached hydrogen (secondary N) is 1. The van der Waals surface area contributed by atoms with Gasteiger partial charge in [-0.3, -0.25) is 9.48 Å². The van der Waals surface area contributed by atoms with E-state index < -0.39 is 0 Å². The first kappa shape index (κ1) is 14.6. The minimum atomic E-state index is -0.236. The van der Waals surface area contributed by atoms with E-state index in [-0.39, 0.29) is 11.9 Å². The zero-order valence-corrected chi connectivity index (χ0v) is 13.4. The summed E-state index contributed by atoms with van der Waals surface area (Å²) in [6, 6.07) is 1.93. The van der Waals surface area contributed by atoms with Crippen molar-refractivity contribution in [3.05, 3.63) is 23.1 Å². The molecule has 0 unspecified atom stereocenters. The lowest BCUT2D eigenvalue weighted by atomic mass is 10.3. The van der Waals surface area contributed by atoms with Gasteiger partial charge in [0.05, 0.1) is 23.7 Å². The van der Waals surface area contributed by atoms with E-state index in [9.17, 15) is 4.79 Å². The zero-order valence-electron chi connectivity index (χ0n) is 13.4. The van der Waals surface area contributed by atoms with Gasteiger partial charge >= 0.3 is 0 Å². The highest BCUT2D eigenvalue weighted by Gasteiger charge is 2.21. The van der Waals surface area contributed by atoms with Gasteiger partial charge < -0.3 is 10.1 Å². The van der Waals surface area contributed by atoms with Crippen molar-refractivity contribution in [1.29, 1.82) is 0 Å². The molecule has 0 saturated heterocycles. The largest absolute Gasteiger partial charge is 0.478 e. The van der Waals surface area contributed by atoms with Gasteiger partial charge in [0.15, 0.2) is 5.69 Å². The van der Waals surface area contributed by atoms with Gasteiger partial charge in [-0.25, -0.2) is 4.68 Å². The molecule has 1 N–H and O–H groups in total. The first-order chi connectivity index (χ1) is 10.5. The number of amides is 1. The lowest BCUT2D eigenvalue weighted by molar-refractivity contribution is 0.102. The number of hydrogen-bond acceptors (Lipinski definition) is 4. The molecule has 3 heterocycles. The van der Waals surface area contributed by atoms with Gasteiger partial charge in [-0.05, 0) is 27.7 Å². The Kier molecular flexibility index (Phi) is 3.64. The lowest BCUT2D eigenvalue weighted by Crippen LogP contribution is -2.16. The second-order valence-electron chi connectivity index (χ2n) is 5.83. The summed E-state index contributed by atoms with van der Waals surface area (Å²) < 4.78 is 9.13. The van der Waals surface area contributed by atoms with E-state index in [0.717, 1.165) is 30.0 Å². The minimum Gasteiger partial charge on any atom is -0.478 e. The molecule has 2 aromatic rings. The normalized spacial score (nSPS) is 13.9. The van der Waals surface area contributed by atoms with Gasteiger partial charge in [0.2, 0.25) is 5.88 Å². The maximum atomic E-state index is 12.4. The molecule has 0 atom stereocenters. The van der Waals surface area contributed by atoms with Crippen LogP contribution in [0.2, 0.25) is 0 Å². The third kappa shape index (κ3) is 2.47. The maximum Gasteiger partial charge on any atom is 0.276 e. The quantitative estimate of drug-likeness (QED) is 0.944. The molecule has 0 aliphatic carbocycles. The summed E-state index contributed by atoms with van der Waals surface area (Å²) >= 11 is 0. The van der Waals surface area contributed by atoms with Crippen LogP contribution >= 0.6 is 0 Å². The van der Waals surface area contributed by atoms with E-state index in [2.05, 4.69) is 29.4 Å². The molecule has 0 spiro atoms. The maximum absolute atomic E-state index is 12.4. The summed E-state index contributed by atoms with van der Waals surface area (Å²) in [6.45, 7) is 9.43. The molecule has 7 heteroatoms. The molecule has 0 bridgehead atoms. The molecular formula is C15H21N5O2. The number of carbonyl (C=O) groups excluding carboxylic acids is 1. The van der Waals surface area contributed by atoms with Gasteiger partial charge in [-0.2, -0.15) is 10.2 Å². The zero-order chi connectivity index (χ0) is 15.9. The van der Waals surface area contributed by atoms with Crippen molar-refractivity contribution in [2.75, 3.05) is 11.9 Å². The molecule has 3 rings (SSSR count). The molecule has 118 valence electrons. The Labute approximate surface area is 129 Å². The molecule has 0 aromatic carbocycles. The number of aryl methyl sites for hydroxylation is 2. The highest BCUT2D eigenvalue weighted by atomic mass is 16.5. The SMILES string of the molecule is Cc1nn(C(C)C)c(C)c1NC(=O)c1cc2n(n1)CCCO2. The minimum absolute atomic E-state index is 0.236. The first-order valence-electron chi connectivity index (χ1n) is 7.55. The molecule has 1 amide bonds. The Morgan fingerprint density at radius 2 is 2.14 bits per heavy atom. The van der Waals surface area contributed by atoms with Crippen molar-refractivity contribution in [1.82, 2.24) is 19.6 Å². The van der Waals surface area contributed by atoms with Gasteiger partial charge in [0.1, 0.15) is 0 Å². The molecule has 0 saturated carbocycles. The van der Waals surface area contributed by atoms with Crippen LogP contribution in [0, 0.1) is 13.8 Å². The second kappa shape index (κ2) is 5.47. The van der Waals surface area contributed by atoms with Crippen molar-refractivity contribution in [3.63, 3.8) is 0 Å². The van der Waals surface area contributed by atoms with E-state index in [1.807, 2.05) is 18.5 Å². The summed E-state index contributed by atoms with van der Waals surface area (Å²) in [4.78, 5) is 12.4. The molecule has 0 radical (unpaired) electrons. The van der Waals surface area contributed by atoms with Gasteiger partial charge in [0, 0.05) is 25.1 Å². The van der Waals surface area contributed by atoms with Crippen LogP contribution in [0.25, 0.3) is 0 Å². The summed E-state index contributed by atoms with van der Waals surface area (Å²) in [5, 5.41) is 11.7. The number of fused-ring (bicyclic) bond motifs is 1. The number of nitrogens with zero attached hydrogens (tertiary/aromatic N) is 4. The van der Waals surface area contributed by atoms with Crippen LogP contribution in [-0.2, 0) is 6.54 Å². The van der Waals surface area contributed by atoms with Crippen LogP contribution < -0.4 is 10.1 Å². The molecule has 2 aromatic heterocycles. The van der Waals surface area contributed by atoms with Crippen molar-refractivity contribution in [2.45, 2.75) is 46.7 Å². The topological polar surface area (TPSA) is 74.0 Å². The number of carbonyl (C=O) groups is 1. The molecule has 7 nitrogen and oxygen atoms in total. The predicted molar refractivity (Wildman–Crippen MR) is 82.4 cm³/mol. The van der Waals surface area contributed by atoms with Crippen LogP contribution in [0.5, 0.6) is 5.88 Å². The number of rotatable bonds is 3. The average Bonchev–Trinajstić information content (AvgIpc) is 3.03. The average molecular weight is 303 g/mol. The Hall–Kier alpha value is -2.31. The predicted octanol–water partition coefficient (Wildman–Crippen LogP) is 2.31. The monoisotopic (exact) mass is 303 g/mol. The van der Waals surface area contributed by atoms with Gasteiger partial charge in [-0.15, -0.1) is 0 Å². The Morgan fingerprint density at radius 1 is 1.36 bits per heavy atom. The Balaban J connectivity index is 1.84. The van der Waals surface area contributed by atoms with Crippen LogP contribution in [0.3, 0.4) is 0 Å². The van der Waals surface area contributed by atoms with E-state index in [0.29, 0.717) is 18.2 Å². The number of hydrogen-bond donors (Lipinski definition) is 1. The standard InChI is InChI=1S/C15H21N5O2/c1-9(2)20-11(4)14(10(3)17-20)16-15(21)12-8-13-19(18-12)6-5-7-22-13/h8-9H,5-7H2,1-4H3,(H,16,21). The summed E-state index contributed by atoms with van der Waals surface area (Å²) in [5.74, 6) is 0.419.